The molecular weight excluding hydrogens is 315 g/mol. The van der Waals surface area contributed by atoms with Crippen LogP contribution in [0.15, 0.2) is 24.3 Å². The standard InChI is InChI=1S/C17H22BF2NO3/c1-15(2)16(3,4)24-18(23-15)13-7-5-12(6-8-13)14(22)21-10-9-17(19,20)11-21/h5-8H,9-11H2,1-4H3. The maximum absolute atomic E-state index is 13.3. The normalized spacial score (nSPS) is 24.4. The minimum Gasteiger partial charge on any atom is -0.399 e. The molecule has 2 fully saturated rings. The Labute approximate surface area is 141 Å². The molecule has 0 aromatic heterocycles. The van der Waals surface area contributed by atoms with Crippen molar-refractivity contribution in [2.24, 2.45) is 0 Å². The highest BCUT2D eigenvalue weighted by Gasteiger charge is 2.51. The van der Waals surface area contributed by atoms with Crippen LogP contribution in [0.5, 0.6) is 0 Å². The van der Waals surface area contributed by atoms with Gasteiger partial charge in [0.05, 0.1) is 17.7 Å². The van der Waals surface area contributed by atoms with Crippen molar-refractivity contribution in [3.05, 3.63) is 29.8 Å². The third-order valence-electron chi connectivity index (χ3n) is 5.14. The number of amides is 1. The smallest absolute Gasteiger partial charge is 0.399 e. The number of alkyl halides is 2. The van der Waals surface area contributed by atoms with Gasteiger partial charge in [0, 0.05) is 18.5 Å². The molecule has 4 nitrogen and oxygen atoms in total. The van der Waals surface area contributed by atoms with E-state index < -0.39 is 30.8 Å². The molecular formula is C17H22BF2NO3. The molecule has 0 radical (unpaired) electrons. The summed E-state index contributed by atoms with van der Waals surface area (Å²) in [4.78, 5) is 13.5. The highest BCUT2D eigenvalue weighted by atomic mass is 19.3. The maximum atomic E-state index is 13.3. The fourth-order valence-electron chi connectivity index (χ4n) is 2.85. The zero-order valence-electron chi connectivity index (χ0n) is 14.4. The predicted octanol–water partition coefficient (Wildman–Crippen LogP) is 2.47. The Morgan fingerprint density at radius 3 is 2.08 bits per heavy atom. The van der Waals surface area contributed by atoms with E-state index >= 15 is 0 Å². The van der Waals surface area contributed by atoms with Gasteiger partial charge in [-0.1, -0.05) is 12.1 Å². The average molecular weight is 337 g/mol. The van der Waals surface area contributed by atoms with E-state index in [2.05, 4.69) is 0 Å². The molecule has 130 valence electrons. The lowest BCUT2D eigenvalue weighted by molar-refractivity contribution is 0.00578. The molecule has 2 aliphatic rings. The molecule has 1 aromatic rings. The van der Waals surface area contributed by atoms with Gasteiger partial charge in [0.1, 0.15) is 0 Å². The number of halogens is 2. The number of carbonyl (C=O) groups is 1. The second-order valence-corrected chi connectivity index (χ2v) is 7.54. The molecule has 0 bridgehead atoms. The minimum atomic E-state index is -2.78. The summed E-state index contributed by atoms with van der Waals surface area (Å²) in [5.74, 6) is -3.15. The Morgan fingerprint density at radius 2 is 1.62 bits per heavy atom. The van der Waals surface area contributed by atoms with Gasteiger partial charge in [-0.05, 0) is 45.3 Å². The highest BCUT2D eigenvalue weighted by molar-refractivity contribution is 6.62. The van der Waals surface area contributed by atoms with Gasteiger partial charge in [-0.15, -0.1) is 0 Å². The summed E-state index contributed by atoms with van der Waals surface area (Å²) in [7, 11) is -0.504. The summed E-state index contributed by atoms with van der Waals surface area (Å²) in [6, 6.07) is 6.78. The molecule has 3 rings (SSSR count). The van der Waals surface area contributed by atoms with E-state index in [-0.39, 0.29) is 18.9 Å². The van der Waals surface area contributed by atoms with Gasteiger partial charge >= 0.3 is 7.12 Å². The van der Waals surface area contributed by atoms with Crippen molar-refractivity contribution < 1.29 is 22.9 Å². The van der Waals surface area contributed by atoms with Crippen LogP contribution in [-0.2, 0) is 9.31 Å². The molecule has 0 spiro atoms. The van der Waals surface area contributed by atoms with Crippen LogP contribution in [0.4, 0.5) is 8.78 Å². The molecule has 0 unspecified atom stereocenters. The largest absolute Gasteiger partial charge is 0.494 e. The molecule has 0 atom stereocenters. The van der Waals surface area contributed by atoms with Crippen molar-refractivity contribution in [3.63, 3.8) is 0 Å². The van der Waals surface area contributed by atoms with E-state index in [4.69, 9.17) is 9.31 Å². The van der Waals surface area contributed by atoms with Crippen LogP contribution in [0, 0.1) is 0 Å². The first-order valence-electron chi connectivity index (χ1n) is 8.13. The van der Waals surface area contributed by atoms with E-state index in [9.17, 15) is 13.6 Å². The van der Waals surface area contributed by atoms with Gasteiger partial charge in [-0.3, -0.25) is 4.79 Å². The molecule has 24 heavy (non-hydrogen) atoms. The lowest BCUT2D eigenvalue weighted by Crippen LogP contribution is -2.41. The quantitative estimate of drug-likeness (QED) is 0.779. The summed E-state index contributed by atoms with van der Waals surface area (Å²) < 4.78 is 38.4. The van der Waals surface area contributed by atoms with Gasteiger partial charge in [0.25, 0.3) is 11.8 Å². The Kier molecular flexibility index (Phi) is 4.00. The summed E-state index contributed by atoms with van der Waals surface area (Å²) in [6.45, 7) is 7.46. The first-order chi connectivity index (χ1) is 11.0. The van der Waals surface area contributed by atoms with Crippen molar-refractivity contribution in [2.75, 3.05) is 13.1 Å². The lowest BCUT2D eigenvalue weighted by Gasteiger charge is -2.32. The predicted molar refractivity (Wildman–Crippen MR) is 87.6 cm³/mol. The molecule has 1 amide bonds. The van der Waals surface area contributed by atoms with E-state index in [0.29, 0.717) is 5.56 Å². The van der Waals surface area contributed by atoms with E-state index in [1.807, 2.05) is 27.7 Å². The fourth-order valence-corrected chi connectivity index (χ4v) is 2.85. The Bertz CT molecular complexity index is 630. The zero-order valence-corrected chi connectivity index (χ0v) is 14.4. The Hall–Kier alpha value is -1.47. The minimum absolute atomic E-state index is 0.0881. The van der Waals surface area contributed by atoms with Crippen molar-refractivity contribution >= 4 is 18.5 Å². The van der Waals surface area contributed by atoms with Crippen LogP contribution >= 0.6 is 0 Å². The highest BCUT2D eigenvalue weighted by Crippen LogP contribution is 2.36. The van der Waals surface area contributed by atoms with Crippen LogP contribution < -0.4 is 5.46 Å². The van der Waals surface area contributed by atoms with Crippen LogP contribution in [-0.4, -0.2) is 48.1 Å². The van der Waals surface area contributed by atoms with Crippen LogP contribution in [0.3, 0.4) is 0 Å². The lowest BCUT2D eigenvalue weighted by atomic mass is 9.79. The molecule has 0 saturated carbocycles. The number of benzene rings is 1. The van der Waals surface area contributed by atoms with Crippen LogP contribution in [0.2, 0.25) is 0 Å². The summed E-state index contributed by atoms with van der Waals surface area (Å²) in [6.07, 6.45) is -0.273. The molecule has 2 saturated heterocycles. The van der Waals surface area contributed by atoms with Gasteiger partial charge in [0.2, 0.25) is 0 Å². The summed E-state index contributed by atoms with van der Waals surface area (Å²) >= 11 is 0. The van der Waals surface area contributed by atoms with Gasteiger partial charge in [-0.25, -0.2) is 8.78 Å². The fraction of sp³-hybridized carbons (Fsp3) is 0.588. The number of hydrogen-bond donors (Lipinski definition) is 0. The molecule has 2 heterocycles. The summed E-state index contributed by atoms with van der Waals surface area (Å²) in [5.41, 5.74) is 0.325. The van der Waals surface area contributed by atoms with Crippen molar-refractivity contribution in [1.29, 1.82) is 0 Å². The average Bonchev–Trinajstić information content (AvgIpc) is 2.95. The monoisotopic (exact) mass is 337 g/mol. The first kappa shape index (κ1) is 17.4. The SMILES string of the molecule is CC1(C)OB(c2ccc(C(=O)N3CCC(F)(F)C3)cc2)OC1(C)C. The molecule has 7 heteroatoms. The second-order valence-electron chi connectivity index (χ2n) is 7.54. The summed E-state index contributed by atoms with van der Waals surface area (Å²) in [5, 5.41) is 0. The number of hydrogen-bond acceptors (Lipinski definition) is 3. The number of nitrogens with zero attached hydrogens (tertiary/aromatic N) is 1. The third-order valence-corrected chi connectivity index (χ3v) is 5.14. The molecule has 2 aliphatic heterocycles. The maximum Gasteiger partial charge on any atom is 0.494 e. The van der Waals surface area contributed by atoms with E-state index in [0.717, 1.165) is 5.46 Å². The van der Waals surface area contributed by atoms with Gasteiger partial charge in [-0.2, -0.15) is 0 Å². The van der Waals surface area contributed by atoms with Crippen LogP contribution in [0.25, 0.3) is 0 Å². The molecule has 1 aromatic carbocycles. The van der Waals surface area contributed by atoms with Crippen molar-refractivity contribution in [2.45, 2.75) is 51.2 Å². The number of carbonyl (C=O) groups excluding carboxylic acids is 1. The number of rotatable bonds is 2. The van der Waals surface area contributed by atoms with Crippen LogP contribution in [0.1, 0.15) is 44.5 Å². The van der Waals surface area contributed by atoms with Gasteiger partial charge < -0.3 is 14.2 Å². The Balaban J connectivity index is 1.72. The van der Waals surface area contributed by atoms with Gasteiger partial charge in [0.15, 0.2) is 0 Å². The topological polar surface area (TPSA) is 38.8 Å². The van der Waals surface area contributed by atoms with Crippen molar-refractivity contribution in [1.82, 2.24) is 4.90 Å². The van der Waals surface area contributed by atoms with E-state index in [1.54, 1.807) is 24.3 Å². The first-order valence-corrected chi connectivity index (χ1v) is 8.13. The van der Waals surface area contributed by atoms with E-state index in [1.165, 1.54) is 4.90 Å². The molecule has 0 aliphatic carbocycles. The zero-order chi connectivity index (χ0) is 17.8. The number of likely N-dealkylation sites (tertiary alicyclic amines) is 1. The molecule has 0 N–H and O–H groups in total. The Morgan fingerprint density at radius 1 is 1.08 bits per heavy atom. The van der Waals surface area contributed by atoms with Crippen molar-refractivity contribution in [3.8, 4) is 0 Å². The second kappa shape index (κ2) is 5.53. The third kappa shape index (κ3) is 3.07.